The highest BCUT2D eigenvalue weighted by Crippen LogP contribution is 2.28. The summed E-state index contributed by atoms with van der Waals surface area (Å²) < 4.78 is 5.45. The molecular formula is C13H24N2O2. The van der Waals surface area contributed by atoms with E-state index < -0.39 is 0 Å². The number of rotatable bonds is 5. The lowest BCUT2D eigenvalue weighted by Crippen LogP contribution is -2.46. The van der Waals surface area contributed by atoms with Crippen LogP contribution in [0.15, 0.2) is 0 Å². The van der Waals surface area contributed by atoms with Crippen LogP contribution in [0.3, 0.4) is 0 Å². The fraction of sp³-hybridized carbons (Fsp3) is 0.923. The molecule has 0 aromatic rings. The molecule has 1 aliphatic carbocycles. The summed E-state index contributed by atoms with van der Waals surface area (Å²) in [5, 5.41) is 0. The van der Waals surface area contributed by atoms with Crippen LogP contribution in [0.5, 0.6) is 0 Å². The van der Waals surface area contributed by atoms with Gasteiger partial charge in [-0.1, -0.05) is 0 Å². The van der Waals surface area contributed by atoms with Crippen LogP contribution in [-0.2, 0) is 9.53 Å². The Hall–Kier alpha value is -0.610. The number of hydrogen-bond donors (Lipinski definition) is 1. The van der Waals surface area contributed by atoms with Crippen LogP contribution in [-0.4, -0.2) is 43.2 Å². The van der Waals surface area contributed by atoms with E-state index in [1.165, 1.54) is 12.8 Å². The van der Waals surface area contributed by atoms with Gasteiger partial charge in [-0.05, 0) is 44.4 Å². The van der Waals surface area contributed by atoms with Crippen LogP contribution in [0, 0.1) is 11.8 Å². The number of ether oxygens (including phenoxy) is 1. The van der Waals surface area contributed by atoms with Gasteiger partial charge in [0, 0.05) is 19.1 Å². The summed E-state index contributed by atoms with van der Waals surface area (Å²) in [4.78, 5) is 13.8. The molecule has 1 aliphatic heterocycles. The minimum atomic E-state index is 0.135. The molecule has 0 aromatic carbocycles. The molecule has 1 heterocycles. The van der Waals surface area contributed by atoms with Crippen molar-refractivity contribution >= 4 is 5.91 Å². The van der Waals surface area contributed by atoms with Crippen LogP contribution in [0.2, 0.25) is 0 Å². The quantitative estimate of drug-likeness (QED) is 0.780. The van der Waals surface area contributed by atoms with Crippen LogP contribution < -0.4 is 5.73 Å². The van der Waals surface area contributed by atoms with Crippen molar-refractivity contribution in [3.63, 3.8) is 0 Å². The fourth-order valence-electron chi connectivity index (χ4n) is 2.35. The van der Waals surface area contributed by atoms with E-state index in [1.807, 2.05) is 11.8 Å². The number of nitrogens with two attached hydrogens (primary N) is 1. The Kier molecular flexibility index (Phi) is 4.40. The van der Waals surface area contributed by atoms with Crippen molar-refractivity contribution in [1.82, 2.24) is 4.90 Å². The molecule has 0 unspecified atom stereocenters. The zero-order valence-electron chi connectivity index (χ0n) is 10.7. The van der Waals surface area contributed by atoms with Crippen molar-refractivity contribution in [2.75, 3.05) is 26.3 Å². The first kappa shape index (κ1) is 12.8. The van der Waals surface area contributed by atoms with E-state index in [2.05, 4.69) is 0 Å². The van der Waals surface area contributed by atoms with Gasteiger partial charge < -0.3 is 15.4 Å². The van der Waals surface area contributed by atoms with Crippen molar-refractivity contribution in [3.05, 3.63) is 0 Å². The smallest absolute Gasteiger partial charge is 0.248 e. The third-order valence-corrected chi connectivity index (χ3v) is 3.83. The normalized spacial score (nSPS) is 26.9. The highest BCUT2D eigenvalue weighted by Gasteiger charge is 2.26. The Balaban J connectivity index is 1.69. The van der Waals surface area contributed by atoms with E-state index in [0.29, 0.717) is 5.92 Å². The van der Waals surface area contributed by atoms with Gasteiger partial charge in [-0.2, -0.15) is 0 Å². The van der Waals surface area contributed by atoms with Crippen molar-refractivity contribution in [3.8, 4) is 0 Å². The Morgan fingerprint density at radius 3 is 2.88 bits per heavy atom. The molecule has 0 aromatic heterocycles. The lowest BCUT2D eigenvalue weighted by atomic mass is 9.92. The maximum Gasteiger partial charge on any atom is 0.248 e. The zero-order valence-corrected chi connectivity index (χ0v) is 10.7. The van der Waals surface area contributed by atoms with E-state index in [9.17, 15) is 4.79 Å². The summed E-state index contributed by atoms with van der Waals surface area (Å²) in [6.07, 6.45) is 4.75. The van der Waals surface area contributed by atoms with Gasteiger partial charge in [-0.25, -0.2) is 0 Å². The van der Waals surface area contributed by atoms with Gasteiger partial charge in [-0.3, -0.25) is 4.79 Å². The van der Waals surface area contributed by atoms with Crippen LogP contribution in [0.4, 0.5) is 0 Å². The maximum absolute atomic E-state index is 11.9. The molecule has 2 atom stereocenters. The third-order valence-electron chi connectivity index (χ3n) is 3.83. The molecule has 2 rings (SSSR count). The van der Waals surface area contributed by atoms with Crippen LogP contribution >= 0.6 is 0 Å². The lowest BCUT2D eigenvalue weighted by molar-refractivity contribution is -0.138. The highest BCUT2D eigenvalue weighted by atomic mass is 16.5. The number of piperidine rings is 1. The first-order valence-corrected chi connectivity index (χ1v) is 6.78. The van der Waals surface area contributed by atoms with Crippen LogP contribution in [0.1, 0.15) is 32.6 Å². The van der Waals surface area contributed by atoms with Gasteiger partial charge in [0.05, 0.1) is 6.61 Å². The van der Waals surface area contributed by atoms with Crippen molar-refractivity contribution in [1.29, 1.82) is 0 Å². The molecule has 17 heavy (non-hydrogen) atoms. The Bertz CT molecular complexity index is 264. The minimum Gasteiger partial charge on any atom is -0.371 e. The molecule has 98 valence electrons. The molecule has 2 fully saturated rings. The van der Waals surface area contributed by atoms with Gasteiger partial charge in [0.15, 0.2) is 0 Å². The van der Waals surface area contributed by atoms with Crippen molar-refractivity contribution < 1.29 is 9.53 Å². The van der Waals surface area contributed by atoms with Crippen molar-refractivity contribution in [2.45, 2.75) is 38.6 Å². The first-order valence-electron chi connectivity index (χ1n) is 6.78. The predicted molar refractivity (Wildman–Crippen MR) is 66.5 cm³/mol. The standard InChI is InChI=1S/C13H24N2O2/c1-10(14)12-3-2-6-15(7-12)13(16)9-17-8-11-4-5-11/h10-12H,2-9,14H2,1H3/t10-,12+/m1/s1. The molecule has 1 amide bonds. The Morgan fingerprint density at radius 2 is 2.24 bits per heavy atom. The van der Waals surface area contributed by atoms with E-state index in [4.69, 9.17) is 10.5 Å². The second-order valence-electron chi connectivity index (χ2n) is 5.56. The molecule has 2 aliphatic rings. The van der Waals surface area contributed by atoms with Gasteiger partial charge in [0.2, 0.25) is 5.91 Å². The molecule has 1 saturated carbocycles. The molecule has 1 saturated heterocycles. The molecule has 2 N–H and O–H groups in total. The van der Waals surface area contributed by atoms with Gasteiger partial charge in [0.25, 0.3) is 0 Å². The van der Waals surface area contributed by atoms with E-state index in [1.54, 1.807) is 0 Å². The molecule has 0 spiro atoms. The fourth-order valence-corrected chi connectivity index (χ4v) is 2.35. The number of nitrogens with zero attached hydrogens (tertiary/aromatic N) is 1. The molecule has 0 bridgehead atoms. The third kappa shape index (κ3) is 3.96. The van der Waals surface area contributed by atoms with Crippen LogP contribution in [0.25, 0.3) is 0 Å². The zero-order chi connectivity index (χ0) is 12.3. The molecular weight excluding hydrogens is 216 g/mol. The monoisotopic (exact) mass is 240 g/mol. The largest absolute Gasteiger partial charge is 0.371 e. The lowest BCUT2D eigenvalue weighted by Gasteiger charge is -2.34. The highest BCUT2D eigenvalue weighted by molar-refractivity contribution is 5.77. The second kappa shape index (κ2) is 5.83. The summed E-state index contributed by atoms with van der Waals surface area (Å²) in [5.74, 6) is 1.31. The molecule has 4 heteroatoms. The SMILES string of the molecule is C[C@@H](N)[C@H]1CCCN(C(=O)COCC2CC2)C1. The Morgan fingerprint density at radius 1 is 1.47 bits per heavy atom. The predicted octanol–water partition coefficient (Wildman–Crippen LogP) is 0.999. The first-order chi connectivity index (χ1) is 8.16. The number of amides is 1. The number of likely N-dealkylation sites (tertiary alicyclic amines) is 1. The van der Waals surface area contributed by atoms with Gasteiger partial charge in [0.1, 0.15) is 6.61 Å². The summed E-state index contributed by atoms with van der Waals surface area (Å²) in [5.41, 5.74) is 5.91. The van der Waals surface area contributed by atoms with E-state index in [-0.39, 0.29) is 18.6 Å². The molecule has 0 radical (unpaired) electrons. The topological polar surface area (TPSA) is 55.6 Å². The number of carbonyl (C=O) groups excluding carboxylic acids is 1. The number of carbonyl (C=O) groups is 1. The van der Waals surface area contributed by atoms with Crippen molar-refractivity contribution in [2.24, 2.45) is 17.6 Å². The summed E-state index contributed by atoms with van der Waals surface area (Å²) in [7, 11) is 0. The minimum absolute atomic E-state index is 0.135. The maximum atomic E-state index is 11.9. The van der Waals surface area contributed by atoms with E-state index >= 15 is 0 Å². The summed E-state index contributed by atoms with van der Waals surface area (Å²) in [6.45, 7) is 4.72. The average Bonchev–Trinajstić information content (AvgIpc) is 3.13. The van der Waals surface area contributed by atoms with E-state index in [0.717, 1.165) is 38.5 Å². The second-order valence-corrected chi connectivity index (χ2v) is 5.56. The van der Waals surface area contributed by atoms with Gasteiger partial charge in [-0.15, -0.1) is 0 Å². The van der Waals surface area contributed by atoms with Gasteiger partial charge >= 0.3 is 0 Å². The summed E-state index contributed by atoms with van der Waals surface area (Å²) in [6, 6.07) is 0.179. The number of hydrogen-bond acceptors (Lipinski definition) is 3. The molecule has 4 nitrogen and oxygen atoms in total. The Labute approximate surface area is 103 Å². The summed E-state index contributed by atoms with van der Waals surface area (Å²) >= 11 is 0. The average molecular weight is 240 g/mol.